The number of phenols is 1. The molecule has 22 heavy (non-hydrogen) atoms. The minimum Gasteiger partial charge on any atom is -0.508 e. The number of benzene rings is 2. The number of hydrogen-bond donors (Lipinski definition) is 3. The molecule has 0 saturated carbocycles. The Morgan fingerprint density at radius 3 is 2.36 bits per heavy atom. The highest BCUT2D eigenvalue weighted by atomic mass is 16.3. The summed E-state index contributed by atoms with van der Waals surface area (Å²) in [6.45, 7) is 0. The maximum Gasteiger partial charge on any atom is 0.191 e. The van der Waals surface area contributed by atoms with Crippen LogP contribution in [0.25, 0.3) is 0 Å². The Hall–Kier alpha value is -2.82. The van der Waals surface area contributed by atoms with Crippen LogP contribution in [0.3, 0.4) is 0 Å². The number of hydrogen-bond acceptors (Lipinski definition) is 3. The summed E-state index contributed by atoms with van der Waals surface area (Å²) in [6, 6.07) is 15.7. The van der Waals surface area contributed by atoms with Crippen molar-refractivity contribution in [1.82, 2.24) is 10.2 Å². The Bertz CT molecular complexity index is 673. The average Bonchev–Trinajstić information content (AvgIpc) is 2.56. The first-order valence-electron chi connectivity index (χ1n) is 6.87. The van der Waals surface area contributed by atoms with E-state index >= 15 is 0 Å². The maximum absolute atomic E-state index is 12.2. The molecule has 0 aliphatic carbocycles. The molecule has 0 radical (unpaired) electrons. The van der Waals surface area contributed by atoms with E-state index in [1.807, 2.05) is 30.3 Å². The molecule has 0 amide bonds. The molecule has 0 fully saturated rings. The molecule has 2 rings (SSSR count). The Labute approximate surface area is 129 Å². The van der Waals surface area contributed by atoms with Crippen LogP contribution >= 0.6 is 0 Å². The normalized spacial score (nSPS) is 13.0. The number of likely N-dealkylation sites (N-methyl/N-ethyl adjacent to an activating group) is 1. The molecule has 5 heteroatoms. The van der Waals surface area contributed by atoms with E-state index < -0.39 is 5.54 Å². The lowest BCUT2D eigenvalue weighted by molar-refractivity contribution is -0.114. The SMILES string of the molecule is CNC(=N)N(C)C(C=O)(c1ccccc1)c1cccc(O)c1. The molecule has 0 spiro atoms. The molecule has 0 heterocycles. The van der Waals surface area contributed by atoms with Crippen LogP contribution < -0.4 is 5.32 Å². The van der Waals surface area contributed by atoms with E-state index in [9.17, 15) is 9.90 Å². The van der Waals surface area contributed by atoms with E-state index in [1.54, 1.807) is 43.3 Å². The smallest absolute Gasteiger partial charge is 0.191 e. The molecular weight excluding hydrogens is 278 g/mol. The predicted octanol–water partition coefficient (Wildman–Crippen LogP) is 1.92. The van der Waals surface area contributed by atoms with E-state index in [0.717, 1.165) is 11.8 Å². The minimum absolute atomic E-state index is 0.0732. The molecular formula is C17H19N3O2. The van der Waals surface area contributed by atoms with Crippen LogP contribution in [0.2, 0.25) is 0 Å². The third-order valence-corrected chi connectivity index (χ3v) is 3.77. The van der Waals surface area contributed by atoms with Crippen LogP contribution in [0.1, 0.15) is 11.1 Å². The minimum atomic E-state index is -1.19. The second-order valence-electron chi connectivity index (χ2n) is 4.96. The van der Waals surface area contributed by atoms with Gasteiger partial charge in [-0.1, -0.05) is 42.5 Å². The fourth-order valence-electron chi connectivity index (χ4n) is 2.55. The van der Waals surface area contributed by atoms with E-state index in [4.69, 9.17) is 5.41 Å². The van der Waals surface area contributed by atoms with Crippen molar-refractivity contribution in [3.05, 3.63) is 65.7 Å². The van der Waals surface area contributed by atoms with Gasteiger partial charge in [0.25, 0.3) is 0 Å². The lowest BCUT2D eigenvalue weighted by Gasteiger charge is -2.39. The van der Waals surface area contributed by atoms with E-state index in [-0.39, 0.29) is 11.7 Å². The third kappa shape index (κ3) is 2.53. The van der Waals surface area contributed by atoms with Crippen molar-refractivity contribution in [3.8, 4) is 5.75 Å². The van der Waals surface area contributed by atoms with Crippen LogP contribution in [0.15, 0.2) is 54.6 Å². The topological polar surface area (TPSA) is 76.4 Å². The fraction of sp³-hybridized carbons (Fsp3) is 0.176. The first kappa shape index (κ1) is 15.6. The Morgan fingerprint density at radius 2 is 1.82 bits per heavy atom. The van der Waals surface area contributed by atoms with Gasteiger partial charge in [-0.15, -0.1) is 0 Å². The van der Waals surface area contributed by atoms with Gasteiger partial charge < -0.3 is 15.3 Å². The number of carbonyl (C=O) groups excluding carboxylic acids is 1. The molecule has 0 aliphatic rings. The van der Waals surface area contributed by atoms with Gasteiger partial charge >= 0.3 is 0 Å². The van der Waals surface area contributed by atoms with Crippen LogP contribution in [-0.2, 0) is 10.3 Å². The summed E-state index contributed by atoms with van der Waals surface area (Å²) in [5.41, 5.74) is 0.120. The average molecular weight is 297 g/mol. The molecule has 2 aromatic carbocycles. The molecule has 2 aromatic rings. The van der Waals surface area contributed by atoms with Crippen LogP contribution in [0, 0.1) is 5.41 Å². The maximum atomic E-state index is 12.2. The number of nitrogens with one attached hydrogen (secondary N) is 2. The van der Waals surface area contributed by atoms with Crippen molar-refractivity contribution in [3.63, 3.8) is 0 Å². The molecule has 5 nitrogen and oxygen atoms in total. The number of rotatable bonds is 4. The standard InChI is InChI=1S/C17H19N3O2/c1-19-16(18)20(2)17(12-21,13-7-4-3-5-8-13)14-9-6-10-15(22)11-14/h3-12,22H,1-2H3,(H2,18,19). The highest BCUT2D eigenvalue weighted by Gasteiger charge is 2.40. The summed E-state index contributed by atoms with van der Waals surface area (Å²) in [7, 11) is 3.30. The number of phenolic OH excluding ortho intramolecular Hbond substituents is 1. The Balaban J connectivity index is 2.72. The van der Waals surface area contributed by atoms with Crippen molar-refractivity contribution >= 4 is 12.2 Å². The highest BCUT2D eigenvalue weighted by Crippen LogP contribution is 2.34. The van der Waals surface area contributed by atoms with Crippen LogP contribution in [0.4, 0.5) is 0 Å². The van der Waals surface area contributed by atoms with E-state index in [2.05, 4.69) is 5.32 Å². The number of nitrogens with zero attached hydrogens (tertiary/aromatic N) is 1. The van der Waals surface area contributed by atoms with E-state index in [1.165, 1.54) is 0 Å². The Kier molecular flexibility index (Phi) is 4.46. The van der Waals surface area contributed by atoms with Crippen LogP contribution in [-0.4, -0.2) is 36.3 Å². The zero-order valence-electron chi connectivity index (χ0n) is 12.6. The second-order valence-corrected chi connectivity index (χ2v) is 4.96. The number of carbonyl (C=O) groups is 1. The molecule has 114 valence electrons. The van der Waals surface area contributed by atoms with Gasteiger partial charge in [-0.2, -0.15) is 0 Å². The highest BCUT2D eigenvalue weighted by molar-refractivity contribution is 5.85. The van der Waals surface area contributed by atoms with Gasteiger partial charge in [0.1, 0.15) is 11.3 Å². The first-order valence-corrected chi connectivity index (χ1v) is 6.87. The van der Waals surface area contributed by atoms with Gasteiger partial charge in [-0.05, 0) is 23.3 Å². The number of aldehydes is 1. The summed E-state index contributed by atoms with van der Waals surface area (Å²) < 4.78 is 0. The zero-order valence-corrected chi connectivity index (χ0v) is 12.6. The van der Waals surface area contributed by atoms with Crippen molar-refractivity contribution < 1.29 is 9.90 Å². The van der Waals surface area contributed by atoms with Crippen molar-refractivity contribution in [2.45, 2.75) is 5.54 Å². The molecule has 1 atom stereocenters. The predicted molar refractivity (Wildman–Crippen MR) is 85.9 cm³/mol. The Morgan fingerprint density at radius 1 is 1.18 bits per heavy atom. The summed E-state index contributed by atoms with van der Waals surface area (Å²) in [4.78, 5) is 13.7. The molecule has 0 aliphatic heterocycles. The van der Waals surface area contributed by atoms with Gasteiger partial charge in [-0.3, -0.25) is 10.2 Å². The lowest BCUT2D eigenvalue weighted by atomic mass is 9.82. The van der Waals surface area contributed by atoms with Crippen molar-refractivity contribution in [2.75, 3.05) is 14.1 Å². The molecule has 1 unspecified atom stereocenters. The zero-order chi connectivity index (χ0) is 16.2. The summed E-state index contributed by atoms with van der Waals surface area (Å²) in [5.74, 6) is 0.170. The third-order valence-electron chi connectivity index (χ3n) is 3.77. The summed E-state index contributed by atoms with van der Waals surface area (Å²) in [5, 5.41) is 20.6. The number of aromatic hydroxyl groups is 1. The lowest BCUT2D eigenvalue weighted by Crippen LogP contribution is -2.52. The van der Waals surface area contributed by atoms with Crippen molar-refractivity contribution in [1.29, 1.82) is 5.41 Å². The van der Waals surface area contributed by atoms with Gasteiger partial charge in [0.05, 0.1) is 0 Å². The molecule has 3 N–H and O–H groups in total. The summed E-state index contributed by atoms with van der Waals surface area (Å²) in [6.07, 6.45) is 0.795. The van der Waals surface area contributed by atoms with Crippen LogP contribution in [0.5, 0.6) is 5.75 Å². The quantitative estimate of drug-likeness (QED) is 0.458. The molecule has 0 aromatic heterocycles. The van der Waals surface area contributed by atoms with Gasteiger partial charge in [-0.25, -0.2) is 0 Å². The van der Waals surface area contributed by atoms with E-state index in [0.29, 0.717) is 5.56 Å². The number of guanidine groups is 1. The summed E-state index contributed by atoms with van der Waals surface area (Å²) >= 11 is 0. The second kappa shape index (κ2) is 6.30. The molecule has 0 bridgehead atoms. The fourth-order valence-corrected chi connectivity index (χ4v) is 2.55. The largest absolute Gasteiger partial charge is 0.508 e. The van der Waals surface area contributed by atoms with Gasteiger partial charge in [0, 0.05) is 14.1 Å². The van der Waals surface area contributed by atoms with Crippen molar-refractivity contribution in [2.24, 2.45) is 0 Å². The first-order chi connectivity index (χ1) is 10.6. The van der Waals surface area contributed by atoms with Gasteiger partial charge in [0.15, 0.2) is 12.2 Å². The monoisotopic (exact) mass is 297 g/mol. The molecule has 0 saturated heterocycles. The van der Waals surface area contributed by atoms with Gasteiger partial charge in [0.2, 0.25) is 0 Å².